The van der Waals surface area contributed by atoms with Gasteiger partial charge in [-0.25, -0.2) is 34.3 Å². The average molecular weight is 1170 g/mol. The second-order valence-corrected chi connectivity index (χ2v) is 24.3. The minimum absolute atomic E-state index is 0.0754. The Hall–Kier alpha value is -8.26. The predicted octanol–water partition coefficient (Wildman–Crippen LogP) is 14.3. The van der Waals surface area contributed by atoms with E-state index in [0.717, 1.165) is 83.6 Å². The molecule has 436 valence electrons. The Morgan fingerprint density at radius 2 is 1.06 bits per heavy atom. The average Bonchev–Trinajstić information content (AvgIpc) is 4.04. The second-order valence-electron chi connectivity index (χ2n) is 23.5. The molecule has 2 aliphatic carbocycles. The molecule has 21 heteroatoms. The van der Waals surface area contributed by atoms with Crippen molar-refractivity contribution in [3.05, 3.63) is 143 Å². The number of hydrogen-bond donors (Lipinski definition) is 9. The molecule has 0 saturated heterocycles. The molecule has 83 heavy (non-hydrogen) atoms. The Balaban J connectivity index is 0.000000181. The van der Waals surface area contributed by atoms with Crippen molar-refractivity contribution in [1.82, 2.24) is 35.2 Å². The van der Waals surface area contributed by atoms with Gasteiger partial charge in [-0.3, -0.25) is 15.4 Å². The van der Waals surface area contributed by atoms with E-state index in [4.69, 9.17) is 53.5 Å². The lowest BCUT2D eigenvalue weighted by Crippen LogP contribution is -2.51. The highest BCUT2D eigenvalue weighted by atomic mass is 35.5. The van der Waals surface area contributed by atoms with Gasteiger partial charge < -0.3 is 46.2 Å². The fourth-order valence-electron chi connectivity index (χ4n) is 10.1. The summed E-state index contributed by atoms with van der Waals surface area (Å²) >= 11 is 12.9. The number of amides is 3. The number of carbonyl (C=O) groups excluding carboxylic acids is 3. The van der Waals surface area contributed by atoms with Crippen molar-refractivity contribution in [3.8, 4) is 22.5 Å². The lowest BCUT2D eigenvalue weighted by Gasteiger charge is -2.39. The van der Waals surface area contributed by atoms with Crippen molar-refractivity contribution in [1.29, 1.82) is 0 Å². The third-order valence-corrected chi connectivity index (χ3v) is 14.4. The topological polar surface area (TPSA) is 276 Å². The molecule has 0 radical (unpaired) electrons. The molecule has 0 spiro atoms. The molecule has 8 aromatic rings. The highest BCUT2D eigenvalue weighted by Gasteiger charge is 2.35. The number of fused-ring (bicyclic) bond motifs is 2. The Morgan fingerprint density at radius 1 is 0.627 bits per heavy atom. The van der Waals surface area contributed by atoms with Crippen LogP contribution in [0.2, 0.25) is 10.0 Å². The number of aromatic carboxylic acids is 1. The van der Waals surface area contributed by atoms with E-state index in [-0.39, 0.29) is 23.1 Å². The van der Waals surface area contributed by atoms with Crippen LogP contribution >= 0.6 is 23.2 Å². The first-order chi connectivity index (χ1) is 39.3. The van der Waals surface area contributed by atoms with Crippen molar-refractivity contribution in [2.45, 2.75) is 141 Å². The standard InChI is InChI=1S/C31H35ClN6O3.C19H22ClN5.C12H15NO4/c1-30(2,3)41-29(40)36-20-13-11-19(12-14-20)27(39)38-31(4)15-7-8-21(16-31)35-28-34-18-24(32)26(37-28)23-17-33-25-10-6-5-9-22(23)25;1-19(21)8-4-5-12(9-19)24-18-23-11-15(20)17(25-18)14-10-22-16-7-3-2-6-13(14)16;1-12(2,3)17-11(16)13-9-6-4-8(5-7-9)10(14)15/h5-6,9-14,17-18,21,33H,7-8,15-16H2,1-4H3,(H,36,40)(H,38,39)(H,34,35,37);2-3,6-7,10-12,22H,4-5,8-9,21H2,1H3,(H,23,24,25);4-7H,1-3H3,(H,13,16)(H,14,15)/t21-,31+;12-,19+;/m11./s1. The maximum Gasteiger partial charge on any atom is 0.412 e. The fourth-order valence-corrected chi connectivity index (χ4v) is 10.5. The van der Waals surface area contributed by atoms with E-state index in [1.807, 2.05) is 54.9 Å². The van der Waals surface area contributed by atoms with E-state index in [0.29, 0.717) is 57.0 Å². The zero-order valence-electron chi connectivity index (χ0n) is 47.9. The highest BCUT2D eigenvalue weighted by Crippen LogP contribution is 2.36. The first kappa shape index (κ1) is 60.8. The molecule has 2 fully saturated rings. The molecule has 2 aliphatic rings. The maximum atomic E-state index is 13.1. The normalized spacial score (nSPS) is 18.7. The number of carboxylic acids is 1. The van der Waals surface area contributed by atoms with Crippen LogP contribution < -0.4 is 32.3 Å². The van der Waals surface area contributed by atoms with Gasteiger partial charge in [0.25, 0.3) is 5.91 Å². The quantitative estimate of drug-likeness (QED) is 0.0583. The summed E-state index contributed by atoms with van der Waals surface area (Å²) in [6.45, 7) is 14.9. The number of nitrogens with two attached hydrogens (primary N) is 1. The summed E-state index contributed by atoms with van der Waals surface area (Å²) in [4.78, 5) is 72.0. The first-order valence-electron chi connectivity index (χ1n) is 27.5. The molecule has 19 nitrogen and oxygen atoms in total. The predicted molar refractivity (Wildman–Crippen MR) is 328 cm³/mol. The zero-order chi connectivity index (χ0) is 59.7. The number of H-pyrrole nitrogens is 2. The van der Waals surface area contributed by atoms with Gasteiger partial charge in [0.15, 0.2) is 0 Å². The lowest BCUT2D eigenvalue weighted by molar-refractivity contribution is 0.0624. The van der Waals surface area contributed by atoms with Crippen molar-refractivity contribution >= 4 is 92.3 Å². The number of rotatable bonds is 11. The van der Waals surface area contributed by atoms with E-state index in [1.165, 1.54) is 24.3 Å². The Morgan fingerprint density at radius 3 is 1.51 bits per heavy atom. The van der Waals surface area contributed by atoms with Crippen LogP contribution in [0.4, 0.5) is 32.9 Å². The third kappa shape index (κ3) is 17.2. The number of nitrogens with one attached hydrogen (secondary N) is 7. The zero-order valence-corrected chi connectivity index (χ0v) is 49.4. The van der Waals surface area contributed by atoms with Crippen LogP contribution in [0.3, 0.4) is 0 Å². The van der Waals surface area contributed by atoms with Gasteiger partial charge in [0.2, 0.25) is 11.9 Å². The number of halogens is 2. The molecule has 0 unspecified atom stereocenters. The number of anilines is 4. The Kier molecular flexibility index (Phi) is 19.0. The summed E-state index contributed by atoms with van der Waals surface area (Å²) < 4.78 is 10.3. The van der Waals surface area contributed by atoms with Crippen LogP contribution in [0, 0.1) is 0 Å². The second kappa shape index (κ2) is 25.9. The summed E-state index contributed by atoms with van der Waals surface area (Å²) in [6, 6.07) is 29.1. The van der Waals surface area contributed by atoms with Gasteiger partial charge in [0.1, 0.15) is 11.2 Å². The van der Waals surface area contributed by atoms with Crippen LogP contribution in [-0.2, 0) is 9.47 Å². The van der Waals surface area contributed by atoms with Crippen LogP contribution in [0.1, 0.15) is 127 Å². The highest BCUT2D eigenvalue weighted by molar-refractivity contribution is 6.33. The SMILES string of the molecule is CC(C)(C)OC(=O)Nc1ccc(C(=O)N[C@@]2(C)CCC[C@@H](Nc3ncc(Cl)c(-c4c[nH]c5ccccc45)n3)C2)cc1.CC(C)(C)OC(=O)Nc1ccc(C(=O)O)cc1.C[C@]1(N)CCC[C@@H](Nc2ncc(Cl)c(-c3c[nH]c4ccccc34)n2)C1. The van der Waals surface area contributed by atoms with Crippen molar-refractivity contribution in [2.75, 3.05) is 21.3 Å². The first-order valence-corrected chi connectivity index (χ1v) is 28.3. The molecular weight excluding hydrogens is 1100 g/mol. The van der Waals surface area contributed by atoms with Crippen LogP contribution in [0.15, 0.2) is 122 Å². The van der Waals surface area contributed by atoms with Crippen molar-refractivity contribution < 1.29 is 33.8 Å². The minimum atomic E-state index is -1.01. The van der Waals surface area contributed by atoms with Crippen molar-refractivity contribution in [2.24, 2.45) is 5.73 Å². The molecule has 4 aromatic carbocycles. The van der Waals surface area contributed by atoms with E-state index in [1.54, 1.807) is 78.2 Å². The minimum Gasteiger partial charge on any atom is -0.478 e. The molecule has 4 aromatic heterocycles. The monoisotopic (exact) mass is 1170 g/mol. The maximum absolute atomic E-state index is 13.1. The van der Waals surface area contributed by atoms with E-state index >= 15 is 0 Å². The molecule has 10 rings (SSSR count). The summed E-state index contributed by atoms with van der Waals surface area (Å²) in [5.74, 6) is -0.0640. The van der Waals surface area contributed by atoms with E-state index in [2.05, 4.69) is 66.4 Å². The number of nitrogens with zero attached hydrogens (tertiary/aromatic N) is 4. The molecular formula is C62H72Cl2N12O7. The van der Waals surface area contributed by atoms with Gasteiger partial charge in [-0.1, -0.05) is 59.6 Å². The number of hydrogen-bond acceptors (Lipinski definition) is 13. The number of carboxylic acid groups (broad SMARTS) is 1. The van der Waals surface area contributed by atoms with Crippen LogP contribution in [0.5, 0.6) is 0 Å². The molecule has 2 saturated carbocycles. The number of ether oxygens (including phenoxy) is 2. The molecule has 4 heterocycles. The van der Waals surface area contributed by atoms with Crippen molar-refractivity contribution in [3.63, 3.8) is 0 Å². The van der Waals surface area contributed by atoms with Crippen LogP contribution in [-0.4, -0.2) is 93.4 Å². The van der Waals surface area contributed by atoms with Gasteiger partial charge in [-0.2, -0.15) is 0 Å². The molecule has 10 N–H and O–H groups in total. The summed E-state index contributed by atoms with van der Waals surface area (Å²) in [7, 11) is 0. The number of aromatic amines is 2. The number of para-hydroxylation sites is 2. The number of carbonyl (C=O) groups is 4. The summed E-state index contributed by atoms with van der Waals surface area (Å²) in [5, 5.41) is 27.2. The Bertz CT molecular complexity index is 3580. The van der Waals surface area contributed by atoms with Crippen LogP contribution in [0.25, 0.3) is 44.3 Å². The largest absolute Gasteiger partial charge is 0.478 e. The van der Waals surface area contributed by atoms with Gasteiger partial charge in [0, 0.05) is 85.4 Å². The fraction of sp³-hybridized carbons (Fsp3) is 0.355. The third-order valence-electron chi connectivity index (χ3n) is 13.8. The summed E-state index contributed by atoms with van der Waals surface area (Å²) in [5.41, 5.74) is 11.7. The number of benzene rings is 4. The molecule has 4 atom stereocenters. The molecule has 0 bridgehead atoms. The van der Waals surface area contributed by atoms with Gasteiger partial charge >= 0.3 is 18.2 Å². The van der Waals surface area contributed by atoms with Gasteiger partial charge in [-0.05, 0) is 167 Å². The van der Waals surface area contributed by atoms with Gasteiger partial charge in [-0.15, -0.1) is 0 Å². The van der Waals surface area contributed by atoms with E-state index in [9.17, 15) is 19.2 Å². The lowest BCUT2D eigenvalue weighted by atomic mass is 9.80. The smallest absolute Gasteiger partial charge is 0.412 e. The van der Waals surface area contributed by atoms with Gasteiger partial charge in [0.05, 0.1) is 39.4 Å². The van der Waals surface area contributed by atoms with E-state index < -0.39 is 34.9 Å². The Labute approximate surface area is 492 Å². The molecule has 0 aliphatic heterocycles. The number of aromatic nitrogens is 6. The summed E-state index contributed by atoms with van der Waals surface area (Å²) in [6.07, 6.45) is 13.7. The molecule has 3 amide bonds.